The minimum absolute atomic E-state index is 0.0449. The molecule has 0 unspecified atom stereocenters. The summed E-state index contributed by atoms with van der Waals surface area (Å²) in [5.41, 5.74) is 3.32. The molecule has 5 heteroatoms. The van der Waals surface area contributed by atoms with E-state index in [9.17, 15) is 9.59 Å². The van der Waals surface area contributed by atoms with Gasteiger partial charge in [-0.15, -0.1) is 11.8 Å². The van der Waals surface area contributed by atoms with Gasteiger partial charge in [0, 0.05) is 29.6 Å². The number of rotatable bonds is 5. The fourth-order valence-electron chi connectivity index (χ4n) is 2.56. The van der Waals surface area contributed by atoms with E-state index in [1.54, 1.807) is 17.0 Å². The van der Waals surface area contributed by atoms with Crippen molar-refractivity contribution in [3.63, 3.8) is 0 Å². The van der Waals surface area contributed by atoms with Gasteiger partial charge in [0.05, 0.1) is 5.69 Å². The van der Waals surface area contributed by atoms with Gasteiger partial charge in [-0.2, -0.15) is 0 Å². The van der Waals surface area contributed by atoms with Crippen LogP contribution in [0.1, 0.15) is 29.8 Å². The van der Waals surface area contributed by atoms with E-state index in [0.717, 1.165) is 21.8 Å². The van der Waals surface area contributed by atoms with Crippen molar-refractivity contribution in [1.29, 1.82) is 0 Å². The van der Waals surface area contributed by atoms with E-state index in [0.29, 0.717) is 12.1 Å². The van der Waals surface area contributed by atoms with Crippen LogP contribution in [0.3, 0.4) is 0 Å². The minimum atomic E-state index is -0.125. The lowest BCUT2D eigenvalue weighted by Gasteiger charge is -2.23. The number of hydrogen-bond donors (Lipinski definition) is 1. The summed E-state index contributed by atoms with van der Waals surface area (Å²) < 4.78 is 0. The number of para-hydroxylation sites is 1. The lowest BCUT2D eigenvalue weighted by Crippen LogP contribution is -2.31. The highest BCUT2D eigenvalue weighted by Crippen LogP contribution is 2.28. The van der Waals surface area contributed by atoms with Crippen molar-refractivity contribution in [3.8, 4) is 0 Å². The normalized spacial score (nSPS) is 10.3. The summed E-state index contributed by atoms with van der Waals surface area (Å²) in [6, 6.07) is 13.2. The van der Waals surface area contributed by atoms with Crippen LogP contribution in [0.2, 0.25) is 0 Å². The zero-order valence-corrected chi connectivity index (χ0v) is 15.2. The van der Waals surface area contributed by atoms with Gasteiger partial charge in [-0.3, -0.25) is 9.59 Å². The topological polar surface area (TPSA) is 49.4 Å². The average molecular weight is 342 g/mol. The van der Waals surface area contributed by atoms with Gasteiger partial charge < -0.3 is 10.2 Å². The van der Waals surface area contributed by atoms with Crippen LogP contribution in [0.4, 0.5) is 11.4 Å². The van der Waals surface area contributed by atoms with Crippen molar-refractivity contribution < 1.29 is 9.59 Å². The summed E-state index contributed by atoms with van der Waals surface area (Å²) in [6.45, 7) is 6.02. The number of carbonyl (C=O) groups excluding carboxylic acids is 2. The summed E-state index contributed by atoms with van der Waals surface area (Å²) in [5, 5.41) is 2.79. The third-order valence-electron chi connectivity index (χ3n) is 3.73. The van der Waals surface area contributed by atoms with Crippen molar-refractivity contribution in [2.75, 3.05) is 23.0 Å². The van der Waals surface area contributed by atoms with E-state index in [2.05, 4.69) is 5.32 Å². The predicted octanol–water partition coefficient (Wildman–Crippen LogP) is 4.34. The number of thioether (sulfide) groups is 1. The van der Waals surface area contributed by atoms with E-state index in [1.165, 1.54) is 18.7 Å². The SMILES string of the molecule is CCN(C(=O)c1ccc(NC(C)=O)c(SC)c1)c1ccccc1C. The standard InChI is InChI=1S/C19H22N2O2S/c1-5-21(17-9-7-6-8-13(17)2)19(23)15-10-11-16(20-14(3)22)18(12-15)24-4/h6-12H,5H2,1-4H3,(H,20,22). The summed E-state index contributed by atoms with van der Waals surface area (Å²) in [6.07, 6.45) is 1.92. The van der Waals surface area contributed by atoms with Gasteiger partial charge in [0.2, 0.25) is 5.91 Å². The number of nitrogens with one attached hydrogen (secondary N) is 1. The van der Waals surface area contributed by atoms with Crippen LogP contribution in [0.5, 0.6) is 0 Å². The van der Waals surface area contributed by atoms with Crippen LogP contribution in [0.25, 0.3) is 0 Å². The van der Waals surface area contributed by atoms with Gasteiger partial charge in [0.15, 0.2) is 0 Å². The molecular weight excluding hydrogens is 320 g/mol. The highest BCUT2D eigenvalue weighted by Gasteiger charge is 2.18. The van der Waals surface area contributed by atoms with Crippen molar-refractivity contribution >= 4 is 35.0 Å². The Bertz CT molecular complexity index is 759. The number of anilines is 2. The maximum Gasteiger partial charge on any atom is 0.258 e. The smallest absolute Gasteiger partial charge is 0.258 e. The first-order valence-corrected chi connectivity index (χ1v) is 9.03. The van der Waals surface area contributed by atoms with Gasteiger partial charge in [0.25, 0.3) is 5.91 Å². The molecule has 0 aromatic heterocycles. The number of amides is 2. The fourth-order valence-corrected chi connectivity index (χ4v) is 3.15. The first-order chi connectivity index (χ1) is 11.5. The highest BCUT2D eigenvalue weighted by atomic mass is 32.2. The molecule has 0 aliphatic carbocycles. The van der Waals surface area contributed by atoms with E-state index in [4.69, 9.17) is 0 Å². The zero-order valence-electron chi connectivity index (χ0n) is 14.4. The summed E-state index contributed by atoms with van der Waals surface area (Å²) in [7, 11) is 0. The van der Waals surface area contributed by atoms with Crippen LogP contribution >= 0.6 is 11.8 Å². The van der Waals surface area contributed by atoms with Crippen molar-refractivity contribution in [1.82, 2.24) is 0 Å². The van der Waals surface area contributed by atoms with Crippen LogP contribution in [-0.2, 0) is 4.79 Å². The average Bonchev–Trinajstić information content (AvgIpc) is 2.57. The molecular formula is C19H22N2O2S. The second-order valence-electron chi connectivity index (χ2n) is 5.43. The van der Waals surface area contributed by atoms with Gasteiger partial charge in [-0.1, -0.05) is 18.2 Å². The largest absolute Gasteiger partial charge is 0.325 e. The summed E-state index contributed by atoms with van der Waals surface area (Å²) in [4.78, 5) is 26.9. The number of carbonyl (C=O) groups is 2. The van der Waals surface area contributed by atoms with Crippen molar-refractivity contribution in [2.45, 2.75) is 25.7 Å². The van der Waals surface area contributed by atoms with E-state index in [-0.39, 0.29) is 11.8 Å². The first-order valence-electron chi connectivity index (χ1n) is 7.81. The summed E-state index contributed by atoms with van der Waals surface area (Å²) in [5.74, 6) is -0.170. The second kappa shape index (κ2) is 8.02. The zero-order chi connectivity index (χ0) is 17.7. The molecule has 0 atom stereocenters. The number of aryl methyl sites for hydroxylation is 1. The monoisotopic (exact) mass is 342 g/mol. The van der Waals surface area contributed by atoms with Gasteiger partial charge >= 0.3 is 0 Å². The molecule has 0 aliphatic rings. The Morgan fingerprint density at radius 3 is 2.46 bits per heavy atom. The van der Waals surface area contributed by atoms with E-state index in [1.807, 2.05) is 50.4 Å². The molecule has 126 valence electrons. The molecule has 4 nitrogen and oxygen atoms in total. The molecule has 2 amide bonds. The summed E-state index contributed by atoms with van der Waals surface area (Å²) >= 11 is 1.50. The maximum atomic E-state index is 13.0. The Balaban J connectivity index is 2.37. The number of hydrogen-bond acceptors (Lipinski definition) is 3. The molecule has 24 heavy (non-hydrogen) atoms. The molecule has 2 aromatic rings. The molecule has 1 N–H and O–H groups in total. The second-order valence-corrected chi connectivity index (χ2v) is 6.28. The predicted molar refractivity (Wildman–Crippen MR) is 101 cm³/mol. The van der Waals surface area contributed by atoms with Crippen LogP contribution in [0, 0.1) is 6.92 Å². The minimum Gasteiger partial charge on any atom is -0.325 e. The Hall–Kier alpha value is -2.27. The third kappa shape index (κ3) is 3.97. The van der Waals surface area contributed by atoms with Crippen LogP contribution in [-0.4, -0.2) is 24.6 Å². The Morgan fingerprint density at radius 2 is 1.88 bits per heavy atom. The number of benzene rings is 2. The molecule has 2 aromatic carbocycles. The van der Waals surface area contributed by atoms with Gasteiger partial charge in [-0.05, 0) is 49.9 Å². The fraction of sp³-hybridized carbons (Fsp3) is 0.263. The van der Waals surface area contributed by atoms with E-state index < -0.39 is 0 Å². The molecule has 0 spiro atoms. The first kappa shape index (κ1) is 18.1. The molecule has 0 aliphatic heterocycles. The molecule has 0 heterocycles. The van der Waals surface area contributed by atoms with Gasteiger partial charge in [-0.25, -0.2) is 0 Å². The molecule has 0 bridgehead atoms. The lowest BCUT2D eigenvalue weighted by atomic mass is 10.1. The Kier molecular flexibility index (Phi) is 6.04. The molecule has 2 rings (SSSR count). The van der Waals surface area contributed by atoms with Crippen LogP contribution < -0.4 is 10.2 Å². The Morgan fingerprint density at radius 1 is 1.17 bits per heavy atom. The quantitative estimate of drug-likeness (QED) is 0.822. The molecule has 0 radical (unpaired) electrons. The number of nitrogens with zero attached hydrogens (tertiary/aromatic N) is 1. The molecule has 0 saturated carbocycles. The lowest BCUT2D eigenvalue weighted by molar-refractivity contribution is -0.114. The molecule has 0 saturated heterocycles. The van der Waals surface area contributed by atoms with Gasteiger partial charge in [0.1, 0.15) is 0 Å². The highest BCUT2D eigenvalue weighted by molar-refractivity contribution is 7.98. The Labute approximate surface area is 147 Å². The van der Waals surface area contributed by atoms with Crippen molar-refractivity contribution in [2.24, 2.45) is 0 Å². The maximum absolute atomic E-state index is 13.0. The van der Waals surface area contributed by atoms with Crippen molar-refractivity contribution in [3.05, 3.63) is 53.6 Å². The third-order valence-corrected chi connectivity index (χ3v) is 4.50. The van der Waals surface area contributed by atoms with Crippen LogP contribution in [0.15, 0.2) is 47.4 Å². The molecule has 0 fully saturated rings. The van der Waals surface area contributed by atoms with E-state index >= 15 is 0 Å².